The summed E-state index contributed by atoms with van der Waals surface area (Å²) in [6, 6.07) is 16.7. The average Bonchev–Trinajstić information content (AvgIpc) is 2.74. The molecule has 1 aliphatic rings. The van der Waals surface area contributed by atoms with Crippen molar-refractivity contribution in [3.63, 3.8) is 0 Å². The first-order chi connectivity index (χ1) is 14.0. The number of guanidine groups is 1. The topological polar surface area (TPSA) is 111 Å². The fourth-order valence-electron chi connectivity index (χ4n) is 2.83. The first-order valence-corrected chi connectivity index (χ1v) is 9.25. The summed E-state index contributed by atoms with van der Waals surface area (Å²) in [5, 5.41) is 16.9. The normalized spacial score (nSPS) is 13.7. The van der Waals surface area contributed by atoms with Gasteiger partial charge in [-0.3, -0.25) is 10.1 Å². The smallest absolute Gasteiger partial charge is 0.497 e. The maximum absolute atomic E-state index is 12.5. The molecular formula is C21H25N3O5. The lowest BCUT2D eigenvalue weighted by atomic mass is 10.1. The van der Waals surface area contributed by atoms with E-state index in [-0.39, 0.29) is 5.91 Å². The Bertz CT molecular complexity index is 812. The molecule has 0 spiro atoms. The van der Waals surface area contributed by atoms with Crippen molar-refractivity contribution in [3.05, 3.63) is 60.2 Å². The molecule has 2 aromatic carbocycles. The molecule has 0 atom stereocenters. The van der Waals surface area contributed by atoms with Crippen LogP contribution in [-0.2, 0) is 0 Å². The number of hydrogen-bond acceptors (Lipinski definition) is 4. The molecule has 3 rings (SSSR count). The first kappa shape index (κ1) is 21.7. The molecule has 1 fully saturated rings. The van der Waals surface area contributed by atoms with Crippen molar-refractivity contribution in [2.24, 2.45) is 4.99 Å². The van der Waals surface area contributed by atoms with Gasteiger partial charge in [-0.25, -0.2) is 9.79 Å². The molecule has 8 nitrogen and oxygen atoms in total. The van der Waals surface area contributed by atoms with E-state index in [1.807, 2.05) is 42.5 Å². The number of methoxy groups -OCH3 is 1. The number of ether oxygens (including phenoxy) is 1. The van der Waals surface area contributed by atoms with E-state index in [1.165, 1.54) is 6.42 Å². The van der Waals surface area contributed by atoms with Crippen LogP contribution in [0.2, 0.25) is 0 Å². The van der Waals surface area contributed by atoms with E-state index in [2.05, 4.69) is 15.2 Å². The van der Waals surface area contributed by atoms with Gasteiger partial charge in [-0.2, -0.15) is 0 Å². The van der Waals surface area contributed by atoms with E-state index in [0.29, 0.717) is 11.5 Å². The standard InChI is InChI=1S/C20H23N3O2.CH2O3/c1-25-18-12-10-17(11-13-18)21-20(23-14-6-3-7-15-23)22-19(24)16-8-4-2-5-9-16;2-1(3)4/h2,4-5,8-13H,3,6-7,14-15H2,1H3,(H,21,22,24);(H2,2,3,4). The quantitative estimate of drug-likeness (QED) is 0.534. The predicted octanol–water partition coefficient (Wildman–Crippen LogP) is 3.82. The van der Waals surface area contributed by atoms with Crippen LogP contribution < -0.4 is 10.1 Å². The van der Waals surface area contributed by atoms with Gasteiger partial charge in [0.25, 0.3) is 5.91 Å². The number of nitrogens with one attached hydrogen (secondary N) is 1. The van der Waals surface area contributed by atoms with Crippen LogP contribution in [0.3, 0.4) is 0 Å². The van der Waals surface area contributed by atoms with E-state index in [9.17, 15) is 4.79 Å². The third kappa shape index (κ3) is 7.53. The number of amides is 1. The van der Waals surface area contributed by atoms with Gasteiger partial charge in [-0.15, -0.1) is 0 Å². The molecule has 1 aliphatic heterocycles. The van der Waals surface area contributed by atoms with Crippen LogP contribution in [0.5, 0.6) is 5.75 Å². The maximum atomic E-state index is 12.5. The number of aliphatic imine (C=N–C) groups is 1. The highest BCUT2D eigenvalue weighted by Crippen LogP contribution is 2.19. The van der Waals surface area contributed by atoms with Crippen LogP contribution in [-0.4, -0.2) is 53.3 Å². The molecule has 1 amide bonds. The minimum atomic E-state index is -1.83. The molecule has 0 aromatic heterocycles. The summed E-state index contributed by atoms with van der Waals surface area (Å²) in [6.45, 7) is 1.81. The number of carbonyl (C=O) groups excluding carboxylic acids is 1. The highest BCUT2D eigenvalue weighted by molar-refractivity contribution is 6.06. The lowest BCUT2D eigenvalue weighted by Crippen LogP contribution is -2.46. The maximum Gasteiger partial charge on any atom is 0.503 e. The Balaban J connectivity index is 0.000000687. The third-order valence-electron chi connectivity index (χ3n) is 4.22. The highest BCUT2D eigenvalue weighted by Gasteiger charge is 2.18. The number of rotatable bonds is 3. The molecule has 0 saturated carbocycles. The van der Waals surface area contributed by atoms with Gasteiger partial charge in [-0.1, -0.05) is 18.2 Å². The molecule has 8 heteroatoms. The molecule has 0 radical (unpaired) electrons. The Morgan fingerprint density at radius 3 is 2.10 bits per heavy atom. The molecule has 29 heavy (non-hydrogen) atoms. The fraction of sp³-hybridized carbons (Fsp3) is 0.286. The van der Waals surface area contributed by atoms with Crippen molar-refractivity contribution in [2.45, 2.75) is 19.3 Å². The van der Waals surface area contributed by atoms with Gasteiger partial charge < -0.3 is 19.8 Å². The zero-order valence-corrected chi connectivity index (χ0v) is 16.2. The number of carboxylic acid groups (broad SMARTS) is 2. The minimum Gasteiger partial charge on any atom is -0.497 e. The van der Waals surface area contributed by atoms with Gasteiger partial charge in [0.1, 0.15) is 5.75 Å². The average molecular weight is 399 g/mol. The molecule has 1 saturated heterocycles. The molecule has 0 bridgehead atoms. The summed E-state index contributed by atoms with van der Waals surface area (Å²) >= 11 is 0. The van der Waals surface area contributed by atoms with E-state index in [4.69, 9.17) is 19.7 Å². The summed E-state index contributed by atoms with van der Waals surface area (Å²) in [6.07, 6.45) is 1.62. The second-order valence-electron chi connectivity index (χ2n) is 6.28. The van der Waals surface area contributed by atoms with Gasteiger partial charge in [0.15, 0.2) is 0 Å². The number of carbonyl (C=O) groups is 2. The fourth-order valence-corrected chi connectivity index (χ4v) is 2.83. The molecule has 2 aromatic rings. The van der Waals surface area contributed by atoms with Crippen LogP contribution in [0.4, 0.5) is 10.5 Å². The number of nitrogens with zero attached hydrogens (tertiary/aromatic N) is 2. The zero-order valence-electron chi connectivity index (χ0n) is 16.2. The summed E-state index contributed by atoms with van der Waals surface area (Å²) in [7, 11) is 1.64. The summed E-state index contributed by atoms with van der Waals surface area (Å²) < 4.78 is 5.18. The lowest BCUT2D eigenvalue weighted by molar-refractivity contribution is 0.0971. The molecule has 1 heterocycles. The molecule has 154 valence electrons. The van der Waals surface area contributed by atoms with Crippen molar-refractivity contribution >= 4 is 23.7 Å². The van der Waals surface area contributed by atoms with Gasteiger partial charge in [0.2, 0.25) is 5.96 Å². The van der Waals surface area contributed by atoms with Crippen LogP contribution in [0.1, 0.15) is 29.6 Å². The van der Waals surface area contributed by atoms with Gasteiger partial charge in [0.05, 0.1) is 12.8 Å². The van der Waals surface area contributed by atoms with Crippen molar-refractivity contribution in [3.8, 4) is 5.75 Å². The van der Waals surface area contributed by atoms with Gasteiger partial charge in [0, 0.05) is 18.7 Å². The second kappa shape index (κ2) is 11.3. The van der Waals surface area contributed by atoms with Crippen LogP contribution in [0, 0.1) is 0 Å². The highest BCUT2D eigenvalue weighted by atomic mass is 16.6. The second-order valence-corrected chi connectivity index (χ2v) is 6.28. The van der Waals surface area contributed by atoms with E-state index >= 15 is 0 Å². The SMILES string of the molecule is COc1ccc(N=C(NC(=O)c2ccccc2)N2CCCCC2)cc1.O=C(O)O. The summed E-state index contributed by atoms with van der Waals surface area (Å²) in [4.78, 5) is 27.9. The number of piperidine rings is 1. The Labute approximate surface area is 169 Å². The van der Waals surface area contributed by atoms with Crippen LogP contribution >= 0.6 is 0 Å². The van der Waals surface area contributed by atoms with Crippen molar-refractivity contribution in [2.75, 3.05) is 20.2 Å². The monoisotopic (exact) mass is 399 g/mol. The Hall–Kier alpha value is -3.55. The number of likely N-dealkylation sites (tertiary alicyclic amines) is 1. The molecule has 0 unspecified atom stereocenters. The largest absolute Gasteiger partial charge is 0.503 e. The van der Waals surface area contributed by atoms with Gasteiger partial charge >= 0.3 is 6.16 Å². The summed E-state index contributed by atoms with van der Waals surface area (Å²) in [5.41, 5.74) is 1.41. The lowest BCUT2D eigenvalue weighted by Gasteiger charge is -2.29. The zero-order chi connectivity index (χ0) is 21.1. The van der Waals surface area contributed by atoms with E-state index < -0.39 is 6.16 Å². The van der Waals surface area contributed by atoms with E-state index in [1.54, 1.807) is 19.2 Å². The Morgan fingerprint density at radius 1 is 0.966 bits per heavy atom. The van der Waals surface area contributed by atoms with Crippen LogP contribution in [0.25, 0.3) is 0 Å². The van der Waals surface area contributed by atoms with Gasteiger partial charge in [-0.05, 0) is 55.7 Å². The van der Waals surface area contributed by atoms with Crippen molar-refractivity contribution < 1.29 is 24.5 Å². The third-order valence-corrected chi connectivity index (χ3v) is 4.22. The van der Waals surface area contributed by atoms with Crippen LogP contribution in [0.15, 0.2) is 59.6 Å². The molecule has 0 aliphatic carbocycles. The molecule has 3 N–H and O–H groups in total. The predicted molar refractivity (Wildman–Crippen MR) is 110 cm³/mol. The Morgan fingerprint density at radius 2 is 1.55 bits per heavy atom. The number of benzene rings is 2. The minimum absolute atomic E-state index is 0.140. The van der Waals surface area contributed by atoms with Crippen molar-refractivity contribution in [1.82, 2.24) is 10.2 Å². The van der Waals surface area contributed by atoms with E-state index in [0.717, 1.165) is 37.4 Å². The molecular weight excluding hydrogens is 374 g/mol. The number of hydrogen-bond donors (Lipinski definition) is 3. The Kier molecular flexibility index (Phi) is 8.50. The summed E-state index contributed by atoms with van der Waals surface area (Å²) in [5.74, 6) is 1.25. The van der Waals surface area contributed by atoms with Crippen molar-refractivity contribution in [1.29, 1.82) is 0 Å². The first-order valence-electron chi connectivity index (χ1n) is 9.25.